The van der Waals surface area contributed by atoms with E-state index < -0.39 is 5.92 Å². The summed E-state index contributed by atoms with van der Waals surface area (Å²) in [6.07, 6.45) is 0. The molecule has 0 radical (unpaired) electrons. The van der Waals surface area contributed by atoms with E-state index in [0.717, 1.165) is 27.0 Å². The fourth-order valence-corrected chi connectivity index (χ4v) is 3.67. The number of halogens is 1. The number of carbonyl (C=O) groups is 2. The number of rotatable bonds is 1. The Hall–Kier alpha value is -1.92. The number of aryl methyl sites for hydroxylation is 1. The highest BCUT2D eigenvalue weighted by Gasteiger charge is 2.43. The SMILES string of the molecule is Cc1ccc(C2C3=C(COCC3=O)NC3=C2C(=O)OC3)cc1Br. The molecule has 0 bridgehead atoms. The zero-order valence-electron chi connectivity index (χ0n) is 12.4. The molecule has 1 atom stereocenters. The van der Waals surface area contributed by atoms with Crippen molar-refractivity contribution < 1.29 is 19.1 Å². The van der Waals surface area contributed by atoms with Crippen molar-refractivity contribution in [1.29, 1.82) is 0 Å². The number of carbonyl (C=O) groups excluding carboxylic acids is 2. The van der Waals surface area contributed by atoms with E-state index in [0.29, 0.717) is 17.8 Å². The molecule has 0 aliphatic carbocycles. The summed E-state index contributed by atoms with van der Waals surface area (Å²) in [6.45, 7) is 2.59. The highest BCUT2D eigenvalue weighted by atomic mass is 79.9. The molecule has 3 aliphatic rings. The Morgan fingerprint density at radius 1 is 1.13 bits per heavy atom. The molecular weight excluding hydrogens is 362 g/mol. The molecule has 0 amide bonds. The van der Waals surface area contributed by atoms with Gasteiger partial charge in [-0.05, 0) is 24.1 Å². The molecule has 118 valence electrons. The van der Waals surface area contributed by atoms with Crippen LogP contribution in [0.15, 0.2) is 45.2 Å². The van der Waals surface area contributed by atoms with Gasteiger partial charge in [-0.2, -0.15) is 0 Å². The molecule has 5 nitrogen and oxygen atoms in total. The summed E-state index contributed by atoms with van der Waals surface area (Å²) in [7, 11) is 0. The highest BCUT2D eigenvalue weighted by Crippen LogP contribution is 2.43. The smallest absolute Gasteiger partial charge is 0.337 e. The third-order valence-corrected chi connectivity index (χ3v) is 5.26. The Kier molecular flexibility index (Phi) is 3.39. The molecule has 1 unspecified atom stereocenters. The second kappa shape index (κ2) is 5.32. The average Bonchev–Trinajstić information content (AvgIpc) is 2.90. The van der Waals surface area contributed by atoms with E-state index in [-0.39, 0.29) is 25.0 Å². The standard InChI is InChI=1S/C17H14BrNO4/c1-8-2-3-9(4-10(8)18)14-15-11(5-22-7-13(15)20)19-12-6-23-17(21)16(12)14/h2-4,14,19H,5-7H2,1H3. The van der Waals surface area contributed by atoms with Crippen molar-refractivity contribution in [2.75, 3.05) is 19.8 Å². The number of ether oxygens (including phenoxy) is 2. The first-order valence-corrected chi connectivity index (χ1v) is 8.13. The molecule has 0 saturated heterocycles. The maximum Gasteiger partial charge on any atom is 0.337 e. The summed E-state index contributed by atoms with van der Waals surface area (Å²) >= 11 is 3.53. The highest BCUT2D eigenvalue weighted by molar-refractivity contribution is 9.10. The average molecular weight is 376 g/mol. The largest absolute Gasteiger partial charge is 0.456 e. The maximum absolute atomic E-state index is 12.5. The number of dihydropyridines is 1. The second-order valence-corrected chi connectivity index (χ2v) is 6.70. The lowest BCUT2D eigenvalue weighted by molar-refractivity contribution is -0.136. The van der Waals surface area contributed by atoms with Gasteiger partial charge >= 0.3 is 5.97 Å². The van der Waals surface area contributed by atoms with Crippen molar-refractivity contribution in [3.8, 4) is 0 Å². The topological polar surface area (TPSA) is 64.6 Å². The van der Waals surface area contributed by atoms with E-state index in [2.05, 4.69) is 21.2 Å². The van der Waals surface area contributed by atoms with Crippen LogP contribution in [-0.4, -0.2) is 31.6 Å². The molecule has 0 aromatic heterocycles. The number of hydrogen-bond donors (Lipinski definition) is 1. The first-order valence-electron chi connectivity index (χ1n) is 7.33. The summed E-state index contributed by atoms with van der Waals surface area (Å²) in [6, 6.07) is 5.90. The maximum atomic E-state index is 12.5. The van der Waals surface area contributed by atoms with Gasteiger partial charge in [0.2, 0.25) is 0 Å². The fourth-order valence-electron chi connectivity index (χ4n) is 3.27. The Labute approximate surface area is 141 Å². The van der Waals surface area contributed by atoms with Gasteiger partial charge in [0.1, 0.15) is 13.2 Å². The Bertz CT molecular complexity index is 809. The first-order chi connectivity index (χ1) is 11.1. The molecule has 1 aromatic carbocycles. The van der Waals surface area contributed by atoms with Gasteiger partial charge < -0.3 is 14.8 Å². The molecule has 3 aliphatic heterocycles. The van der Waals surface area contributed by atoms with Crippen LogP contribution in [0.2, 0.25) is 0 Å². The van der Waals surface area contributed by atoms with Crippen LogP contribution >= 0.6 is 15.9 Å². The van der Waals surface area contributed by atoms with Gasteiger partial charge in [-0.1, -0.05) is 28.1 Å². The van der Waals surface area contributed by atoms with Crippen molar-refractivity contribution in [1.82, 2.24) is 5.32 Å². The van der Waals surface area contributed by atoms with Crippen LogP contribution in [0.5, 0.6) is 0 Å². The number of nitrogens with one attached hydrogen (secondary N) is 1. The molecule has 1 N–H and O–H groups in total. The third-order valence-electron chi connectivity index (χ3n) is 4.41. The van der Waals surface area contributed by atoms with Crippen LogP contribution in [0, 0.1) is 6.92 Å². The van der Waals surface area contributed by atoms with Crippen LogP contribution in [0.3, 0.4) is 0 Å². The Morgan fingerprint density at radius 2 is 1.91 bits per heavy atom. The quantitative estimate of drug-likeness (QED) is 0.761. The minimum atomic E-state index is -0.399. The van der Waals surface area contributed by atoms with Crippen molar-refractivity contribution in [3.63, 3.8) is 0 Å². The zero-order valence-corrected chi connectivity index (χ0v) is 14.0. The van der Waals surface area contributed by atoms with Gasteiger partial charge in [0.05, 0.1) is 17.9 Å². The van der Waals surface area contributed by atoms with Gasteiger partial charge in [0, 0.05) is 21.7 Å². The summed E-state index contributed by atoms with van der Waals surface area (Å²) < 4.78 is 11.5. The van der Waals surface area contributed by atoms with Crippen molar-refractivity contribution in [2.24, 2.45) is 0 Å². The van der Waals surface area contributed by atoms with Crippen LogP contribution in [0.25, 0.3) is 0 Å². The molecule has 1 aromatic rings. The van der Waals surface area contributed by atoms with Crippen LogP contribution in [-0.2, 0) is 19.1 Å². The fraction of sp³-hybridized carbons (Fsp3) is 0.294. The van der Waals surface area contributed by atoms with E-state index in [1.165, 1.54) is 0 Å². The molecule has 4 rings (SSSR count). The molecule has 23 heavy (non-hydrogen) atoms. The van der Waals surface area contributed by atoms with Crippen LogP contribution < -0.4 is 5.32 Å². The normalized spacial score (nSPS) is 23.5. The first kappa shape index (κ1) is 14.7. The number of esters is 1. The van der Waals surface area contributed by atoms with E-state index in [4.69, 9.17) is 9.47 Å². The molecule has 3 heterocycles. The number of Topliss-reactive ketones (excluding diaryl/α,β-unsaturated/α-hetero) is 1. The Morgan fingerprint density at radius 3 is 2.70 bits per heavy atom. The lowest BCUT2D eigenvalue weighted by atomic mass is 9.78. The monoisotopic (exact) mass is 375 g/mol. The molecule has 0 fully saturated rings. The molecule has 6 heteroatoms. The molecular formula is C17H14BrNO4. The summed E-state index contributed by atoms with van der Waals surface area (Å²) in [5, 5.41) is 3.16. The van der Waals surface area contributed by atoms with Crippen molar-refractivity contribution in [3.05, 3.63) is 56.3 Å². The minimum Gasteiger partial charge on any atom is -0.456 e. The lowest BCUT2D eigenvalue weighted by Gasteiger charge is -2.32. The number of hydrogen-bond acceptors (Lipinski definition) is 5. The summed E-state index contributed by atoms with van der Waals surface area (Å²) in [5.74, 6) is -0.851. The minimum absolute atomic E-state index is 0.0434. The van der Waals surface area contributed by atoms with Gasteiger partial charge in [-0.3, -0.25) is 4.79 Å². The molecule has 0 saturated carbocycles. The van der Waals surface area contributed by atoms with E-state index in [1.54, 1.807) is 0 Å². The predicted molar refractivity (Wildman–Crippen MR) is 85.6 cm³/mol. The summed E-state index contributed by atoms with van der Waals surface area (Å²) in [5.41, 5.74) is 4.62. The summed E-state index contributed by atoms with van der Waals surface area (Å²) in [4.78, 5) is 24.7. The molecule has 0 spiro atoms. The number of cyclic esters (lactones) is 1. The second-order valence-electron chi connectivity index (χ2n) is 5.84. The van der Waals surface area contributed by atoms with Gasteiger partial charge in [0.15, 0.2) is 5.78 Å². The zero-order chi connectivity index (χ0) is 16.1. The number of ketones is 1. The van der Waals surface area contributed by atoms with E-state index in [1.807, 2.05) is 25.1 Å². The van der Waals surface area contributed by atoms with Crippen LogP contribution in [0.1, 0.15) is 17.0 Å². The number of benzene rings is 1. The van der Waals surface area contributed by atoms with Gasteiger partial charge in [-0.25, -0.2) is 4.79 Å². The van der Waals surface area contributed by atoms with E-state index >= 15 is 0 Å². The van der Waals surface area contributed by atoms with Gasteiger partial charge in [-0.15, -0.1) is 0 Å². The van der Waals surface area contributed by atoms with E-state index in [9.17, 15) is 9.59 Å². The predicted octanol–water partition coefficient (Wildman–Crippen LogP) is 2.11. The van der Waals surface area contributed by atoms with Crippen molar-refractivity contribution >= 4 is 27.7 Å². The third kappa shape index (κ3) is 2.24. The Balaban J connectivity index is 1.91. The lowest BCUT2D eigenvalue weighted by Crippen LogP contribution is -2.37. The van der Waals surface area contributed by atoms with Crippen LogP contribution in [0.4, 0.5) is 0 Å². The van der Waals surface area contributed by atoms with Crippen molar-refractivity contribution in [2.45, 2.75) is 12.8 Å². The van der Waals surface area contributed by atoms with Gasteiger partial charge in [0.25, 0.3) is 0 Å².